The molecule has 0 saturated carbocycles. The molecule has 0 bridgehead atoms. The van der Waals surface area contributed by atoms with Gasteiger partial charge in [0, 0.05) is 6.42 Å². The first-order valence-corrected chi connectivity index (χ1v) is 6.04. The Kier molecular flexibility index (Phi) is 6.67. The van der Waals surface area contributed by atoms with Crippen LogP contribution in [0.5, 0.6) is 0 Å². The average Bonchev–Trinajstić information content (AvgIpc) is 2.42. The highest BCUT2D eigenvalue weighted by atomic mass is 19.4. The summed E-state index contributed by atoms with van der Waals surface area (Å²) in [4.78, 5) is 26.4. The van der Waals surface area contributed by atoms with Crippen LogP contribution in [-0.4, -0.2) is 24.7 Å². The molecule has 1 rings (SSSR count). The first-order valence-electron chi connectivity index (χ1n) is 6.04. The van der Waals surface area contributed by atoms with Crippen molar-refractivity contribution in [2.24, 2.45) is 0 Å². The summed E-state index contributed by atoms with van der Waals surface area (Å²) in [6.45, 7) is -1.51. The summed E-state index contributed by atoms with van der Waals surface area (Å²) in [6.07, 6.45) is -5.08. The summed E-state index contributed by atoms with van der Waals surface area (Å²) in [5, 5.41) is 0. The molecular weight excluding hydrogens is 291 g/mol. The van der Waals surface area contributed by atoms with Crippen LogP contribution in [0.4, 0.5) is 13.2 Å². The molecule has 1 aromatic carbocycles. The molecule has 1 aromatic rings. The van der Waals surface area contributed by atoms with Gasteiger partial charge < -0.3 is 4.74 Å². The molecule has 0 unspecified atom stereocenters. The van der Waals surface area contributed by atoms with Gasteiger partial charge in [0.15, 0.2) is 6.61 Å². The van der Waals surface area contributed by atoms with E-state index < -0.39 is 24.7 Å². The van der Waals surface area contributed by atoms with E-state index in [-0.39, 0.29) is 19.4 Å². The van der Waals surface area contributed by atoms with Gasteiger partial charge in [-0.2, -0.15) is 13.2 Å². The van der Waals surface area contributed by atoms with Gasteiger partial charge in [0.25, 0.3) is 0 Å². The third-order valence-corrected chi connectivity index (χ3v) is 2.22. The van der Waals surface area contributed by atoms with Crippen LogP contribution in [0.2, 0.25) is 0 Å². The molecule has 0 fully saturated rings. The number of hydrogen-bond donors (Lipinski definition) is 1. The van der Waals surface area contributed by atoms with Gasteiger partial charge in [-0.05, 0) is 5.56 Å². The number of carbonyl (C=O) groups excluding carboxylic acids is 2. The highest BCUT2D eigenvalue weighted by Crippen LogP contribution is 2.13. The smallest absolute Gasteiger partial charge is 0.414 e. The van der Waals surface area contributed by atoms with Gasteiger partial charge in [0.2, 0.25) is 5.91 Å². The van der Waals surface area contributed by atoms with Gasteiger partial charge in [-0.25, -0.2) is 5.48 Å². The van der Waals surface area contributed by atoms with E-state index in [1.54, 1.807) is 29.7 Å². The first-order chi connectivity index (χ1) is 9.87. The predicted molar refractivity (Wildman–Crippen MR) is 65.6 cm³/mol. The molecule has 0 heterocycles. The molecule has 0 saturated heterocycles. The molecule has 0 spiro atoms. The van der Waals surface area contributed by atoms with Crippen molar-refractivity contribution in [1.82, 2.24) is 5.48 Å². The second-order valence-corrected chi connectivity index (χ2v) is 4.08. The average molecular weight is 305 g/mol. The van der Waals surface area contributed by atoms with Crippen molar-refractivity contribution in [3.8, 4) is 0 Å². The van der Waals surface area contributed by atoms with E-state index in [4.69, 9.17) is 4.74 Å². The molecule has 0 aliphatic rings. The molecule has 1 amide bonds. The van der Waals surface area contributed by atoms with Crippen LogP contribution in [0.3, 0.4) is 0 Å². The predicted octanol–water partition coefficient (Wildman–Crippen LogP) is 2.12. The van der Waals surface area contributed by atoms with E-state index in [9.17, 15) is 22.8 Å². The molecule has 1 N–H and O–H groups in total. The quantitative estimate of drug-likeness (QED) is 0.619. The zero-order valence-electron chi connectivity index (χ0n) is 11.0. The monoisotopic (exact) mass is 305 g/mol. The normalized spacial score (nSPS) is 11.0. The molecule has 0 radical (unpaired) electrons. The van der Waals surface area contributed by atoms with Crippen molar-refractivity contribution in [1.29, 1.82) is 0 Å². The lowest BCUT2D eigenvalue weighted by atomic mass is 10.2. The van der Waals surface area contributed by atoms with Gasteiger partial charge in [0.05, 0.1) is 6.42 Å². The van der Waals surface area contributed by atoms with Crippen LogP contribution in [0, 0.1) is 0 Å². The van der Waals surface area contributed by atoms with Gasteiger partial charge in [-0.1, -0.05) is 30.3 Å². The van der Waals surface area contributed by atoms with E-state index >= 15 is 0 Å². The highest BCUT2D eigenvalue weighted by Gasteiger charge is 2.28. The molecule has 0 aliphatic heterocycles. The maximum atomic E-state index is 11.7. The molecule has 5 nitrogen and oxygen atoms in total. The molecule has 21 heavy (non-hydrogen) atoms. The van der Waals surface area contributed by atoms with Gasteiger partial charge in [0.1, 0.15) is 6.61 Å². The maximum absolute atomic E-state index is 11.7. The standard InChI is InChI=1S/C13H14F3NO4/c14-13(15,16)9-21-17-11(18)6-7-12(19)20-8-10-4-2-1-3-5-10/h1-5H,6-9H2,(H,17,18). The van der Waals surface area contributed by atoms with Crippen LogP contribution in [-0.2, 0) is 25.8 Å². The highest BCUT2D eigenvalue weighted by molar-refractivity contribution is 5.80. The Bertz CT molecular complexity index is 462. The lowest BCUT2D eigenvalue weighted by molar-refractivity contribution is -0.192. The summed E-state index contributed by atoms with van der Waals surface area (Å²) in [7, 11) is 0. The number of benzene rings is 1. The number of esters is 1. The minimum absolute atomic E-state index is 0.0753. The number of amides is 1. The fourth-order valence-corrected chi connectivity index (χ4v) is 1.28. The number of hydroxylamine groups is 1. The van der Waals surface area contributed by atoms with Crippen molar-refractivity contribution < 1.29 is 32.3 Å². The summed E-state index contributed by atoms with van der Waals surface area (Å²) >= 11 is 0. The Balaban J connectivity index is 2.13. The second-order valence-electron chi connectivity index (χ2n) is 4.08. The van der Waals surface area contributed by atoms with Crippen molar-refractivity contribution >= 4 is 11.9 Å². The van der Waals surface area contributed by atoms with E-state index in [1.807, 2.05) is 6.07 Å². The third-order valence-electron chi connectivity index (χ3n) is 2.22. The molecule has 0 aromatic heterocycles. The van der Waals surface area contributed by atoms with E-state index in [0.29, 0.717) is 0 Å². The number of rotatable bonds is 7. The topological polar surface area (TPSA) is 64.6 Å². The minimum atomic E-state index is -4.53. The van der Waals surface area contributed by atoms with E-state index in [1.165, 1.54) is 0 Å². The van der Waals surface area contributed by atoms with Gasteiger partial charge in [-0.15, -0.1) is 0 Å². The number of hydrogen-bond acceptors (Lipinski definition) is 4. The second kappa shape index (κ2) is 8.25. The zero-order chi connectivity index (χ0) is 15.7. The minimum Gasteiger partial charge on any atom is -0.461 e. The maximum Gasteiger partial charge on any atom is 0.414 e. The van der Waals surface area contributed by atoms with Crippen LogP contribution in [0.25, 0.3) is 0 Å². The van der Waals surface area contributed by atoms with Crippen molar-refractivity contribution in [3.63, 3.8) is 0 Å². The third kappa shape index (κ3) is 8.64. The fourth-order valence-electron chi connectivity index (χ4n) is 1.28. The van der Waals surface area contributed by atoms with Crippen molar-refractivity contribution in [2.45, 2.75) is 25.6 Å². The van der Waals surface area contributed by atoms with E-state index in [2.05, 4.69) is 4.84 Å². The van der Waals surface area contributed by atoms with Crippen molar-refractivity contribution in [2.75, 3.05) is 6.61 Å². The molecule has 0 atom stereocenters. The molecular formula is C13H14F3NO4. The summed E-state index contributed by atoms with van der Waals surface area (Å²) in [6, 6.07) is 8.93. The van der Waals surface area contributed by atoms with Crippen molar-refractivity contribution in [3.05, 3.63) is 35.9 Å². The van der Waals surface area contributed by atoms with Gasteiger partial charge >= 0.3 is 12.1 Å². The Hall–Kier alpha value is -2.09. The molecule has 0 aliphatic carbocycles. The fraction of sp³-hybridized carbons (Fsp3) is 0.385. The molecule has 116 valence electrons. The van der Waals surface area contributed by atoms with Crippen LogP contribution >= 0.6 is 0 Å². The Morgan fingerprint density at radius 2 is 1.76 bits per heavy atom. The first kappa shape index (κ1) is 17.0. The lowest BCUT2D eigenvalue weighted by Crippen LogP contribution is -2.29. The largest absolute Gasteiger partial charge is 0.461 e. The lowest BCUT2D eigenvalue weighted by Gasteiger charge is -2.08. The van der Waals surface area contributed by atoms with E-state index in [0.717, 1.165) is 5.56 Å². The molecule has 8 heteroatoms. The Morgan fingerprint density at radius 1 is 1.10 bits per heavy atom. The number of carbonyl (C=O) groups is 2. The van der Waals surface area contributed by atoms with Crippen LogP contribution < -0.4 is 5.48 Å². The van der Waals surface area contributed by atoms with Crippen LogP contribution in [0.1, 0.15) is 18.4 Å². The Morgan fingerprint density at radius 3 is 2.38 bits per heavy atom. The number of alkyl halides is 3. The van der Waals surface area contributed by atoms with Crippen LogP contribution in [0.15, 0.2) is 30.3 Å². The Labute approximate surface area is 119 Å². The summed E-state index contributed by atoms with van der Waals surface area (Å²) in [5.74, 6) is -1.44. The van der Waals surface area contributed by atoms with Gasteiger partial charge in [-0.3, -0.25) is 14.4 Å². The number of ether oxygens (including phenoxy) is 1. The summed E-state index contributed by atoms with van der Waals surface area (Å²) in [5.41, 5.74) is 2.40. The summed E-state index contributed by atoms with van der Waals surface area (Å²) < 4.78 is 40.1. The SMILES string of the molecule is O=C(CCC(=O)OCc1ccccc1)NOCC(F)(F)F. The zero-order valence-corrected chi connectivity index (χ0v) is 11.0. The number of nitrogens with one attached hydrogen (secondary N) is 1. The number of halogens is 3.